The molecule has 1 aliphatic rings. The Balaban J connectivity index is 1.55. The van der Waals surface area contributed by atoms with Crippen LogP contribution in [0.25, 0.3) is 0 Å². The van der Waals surface area contributed by atoms with Crippen LogP contribution in [0.15, 0.2) is 22.7 Å². The van der Waals surface area contributed by atoms with E-state index in [0.29, 0.717) is 12.5 Å². The van der Waals surface area contributed by atoms with E-state index < -0.39 is 6.03 Å². The predicted octanol–water partition coefficient (Wildman–Crippen LogP) is 2.33. The number of hydrogen-bond acceptors (Lipinski definition) is 6. The molecule has 0 atom stereocenters. The highest BCUT2D eigenvalue weighted by Crippen LogP contribution is 2.39. The maximum atomic E-state index is 11.4. The number of rotatable bonds is 8. The fourth-order valence-corrected chi connectivity index (χ4v) is 4.06. The fourth-order valence-electron chi connectivity index (χ4n) is 2.39. The molecule has 128 valence electrons. The van der Waals surface area contributed by atoms with Gasteiger partial charge in [-0.3, -0.25) is 10.1 Å². The molecular formula is C15H19N5O2S2. The Morgan fingerprint density at radius 3 is 2.92 bits per heavy atom. The smallest absolute Gasteiger partial charge is 0.318 e. The van der Waals surface area contributed by atoms with Gasteiger partial charge in [0, 0.05) is 29.5 Å². The lowest BCUT2D eigenvalue weighted by Crippen LogP contribution is -2.34. The Labute approximate surface area is 148 Å². The van der Waals surface area contributed by atoms with E-state index in [1.54, 1.807) is 23.1 Å². The summed E-state index contributed by atoms with van der Waals surface area (Å²) in [6, 6.07) is 3.86. The standard InChI is InChI=1S/C15H19N5O2S2/c16-14(22)17-13(21)4-2-8-24-15-19-18-12(20(15)10-5-6-10)9-11-3-1-7-23-11/h1,3,7,10H,2,4-6,8-9H2,(H3,16,17,21,22). The summed E-state index contributed by atoms with van der Waals surface area (Å²) in [5.74, 6) is 1.41. The Hall–Kier alpha value is -1.87. The van der Waals surface area contributed by atoms with Crippen molar-refractivity contribution in [3.63, 3.8) is 0 Å². The van der Waals surface area contributed by atoms with Crippen molar-refractivity contribution in [3.8, 4) is 0 Å². The molecule has 0 aliphatic heterocycles. The van der Waals surface area contributed by atoms with Gasteiger partial charge in [0.05, 0.1) is 0 Å². The van der Waals surface area contributed by atoms with Crippen molar-refractivity contribution in [2.75, 3.05) is 5.75 Å². The first-order valence-electron chi connectivity index (χ1n) is 7.81. The molecule has 2 aromatic heterocycles. The number of imide groups is 1. The summed E-state index contributed by atoms with van der Waals surface area (Å²) in [6.45, 7) is 0. The first kappa shape index (κ1) is 17.0. The van der Waals surface area contributed by atoms with E-state index in [-0.39, 0.29) is 12.3 Å². The summed E-state index contributed by atoms with van der Waals surface area (Å²) in [4.78, 5) is 23.2. The highest BCUT2D eigenvalue weighted by atomic mass is 32.2. The van der Waals surface area contributed by atoms with Crippen LogP contribution >= 0.6 is 23.1 Å². The zero-order valence-corrected chi connectivity index (χ0v) is 14.7. The normalized spacial score (nSPS) is 13.8. The number of hydrogen-bond donors (Lipinski definition) is 2. The van der Waals surface area contributed by atoms with Crippen molar-refractivity contribution < 1.29 is 9.59 Å². The van der Waals surface area contributed by atoms with Gasteiger partial charge in [-0.05, 0) is 30.7 Å². The summed E-state index contributed by atoms with van der Waals surface area (Å²) in [6.07, 6.45) is 4.08. The van der Waals surface area contributed by atoms with Gasteiger partial charge in [-0.15, -0.1) is 21.5 Å². The number of nitrogens with one attached hydrogen (secondary N) is 1. The van der Waals surface area contributed by atoms with Gasteiger partial charge in [-0.2, -0.15) is 0 Å². The van der Waals surface area contributed by atoms with Crippen LogP contribution < -0.4 is 11.1 Å². The average molecular weight is 365 g/mol. The topological polar surface area (TPSA) is 103 Å². The van der Waals surface area contributed by atoms with Crippen molar-refractivity contribution in [2.24, 2.45) is 5.73 Å². The third-order valence-electron chi connectivity index (χ3n) is 3.60. The number of amides is 3. The maximum Gasteiger partial charge on any atom is 0.318 e. The molecule has 3 rings (SSSR count). The first-order chi connectivity index (χ1) is 11.6. The van der Waals surface area contributed by atoms with Gasteiger partial charge in [0.2, 0.25) is 5.91 Å². The lowest BCUT2D eigenvalue weighted by atomic mass is 10.3. The van der Waals surface area contributed by atoms with Crippen LogP contribution in [0.2, 0.25) is 0 Å². The third-order valence-corrected chi connectivity index (χ3v) is 5.51. The summed E-state index contributed by atoms with van der Waals surface area (Å²) < 4.78 is 2.24. The molecule has 1 aliphatic carbocycles. The number of carbonyl (C=O) groups is 2. The minimum atomic E-state index is -0.806. The molecule has 0 saturated heterocycles. The lowest BCUT2D eigenvalue weighted by molar-refractivity contribution is -0.119. The summed E-state index contributed by atoms with van der Waals surface area (Å²) in [7, 11) is 0. The molecule has 3 N–H and O–H groups in total. The van der Waals surface area contributed by atoms with Crippen molar-refractivity contribution >= 4 is 35.0 Å². The molecule has 9 heteroatoms. The van der Waals surface area contributed by atoms with Gasteiger partial charge in [0.25, 0.3) is 0 Å². The van der Waals surface area contributed by atoms with E-state index in [0.717, 1.165) is 23.2 Å². The SMILES string of the molecule is NC(=O)NC(=O)CCCSc1nnc(Cc2cccs2)n1C1CC1. The molecule has 2 heterocycles. The Kier molecular flexibility index (Phi) is 5.52. The molecule has 0 spiro atoms. The molecule has 0 aromatic carbocycles. The minimum absolute atomic E-state index is 0.273. The Morgan fingerprint density at radius 2 is 2.25 bits per heavy atom. The van der Waals surface area contributed by atoms with Crippen LogP contribution in [-0.4, -0.2) is 32.5 Å². The third kappa shape index (κ3) is 4.57. The average Bonchev–Trinajstić information content (AvgIpc) is 3.08. The molecule has 3 amide bonds. The number of thiophene rings is 1. The quantitative estimate of drug-likeness (QED) is 0.552. The van der Waals surface area contributed by atoms with Gasteiger partial charge in [0.15, 0.2) is 5.16 Å². The Morgan fingerprint density at radius 1 is 1.42 bits per heavy atom. The van der Waals surface area contributed by atoms with E-state index in [2.05, 4.69) is 31.5 Å². The van der Waals surface area contributed by atoms with Gasteiger partial charge < -0.3 is 10.3 Å². The van der Waals surface area contributed by atoms with Crippen molar-refractivity contribution in [1.82, 2.24) is 20.1 Å². The van der Waals surface area contributed by atoms with Crippen LogP contribution in [0.1, 0.15) is 42.4 Å². The van der Waals surface area contributed by atoms with Crippen LogP contribution in [0.4, 0.5) is 4.79 Å². The summed E-state index contributed by atoms with van der Waals surface area (Å²) in [5.41, 5.74) is 4.91. The van der Waals surface area contributed by atoms with E-state index in [4.69, 9.17) is 5.73 Å². The molecule has 0 bridgehead atoms. The molecule has 2 aromatic rings. The highest BCUT2D eigenvalue weighted by Gasteiger charge is 2.29. The predicted molar refractivity (Wildman–Crippen MR) is 93.1 cm³/mol. The number of primary amides is 1. The van der Waals surface area contributed by atoms with Gasteiger partial charge >= 0.3 is 6.03 Å². The maximum absolute atomic E-state index is 11.4. The molecule has 7 nitrogen and oxygen atoms in total. The highest BCUT2D eigenvalue weighted by molar-refractivity contribution is 7.99. The number of urea groups is 1. The zero-order valence-electron chi connectivity index (χ0n) is 13.1. The van der Waals surface area contributed by atoms with Gasteiger partial charge in [-0.25, -0.2) is 4.79 Å². The van der Waals surface area contributed by atoms with E-state index in [1.807, 2.05) is 6.07 Å². The van der Waals surface area contributed by atoms with Gasteiger partial charge in [0.1, 0.15) is 5.82 Å². The van der Waals surface area contributed by atoms with Crippen molar-refractivity contribution in [2.45, 2.75) is 43.3 Å². The van der Waals surface area contributed by atoms with E-state index in [1.165, 1.54) is 17.7 Å². The first-order valence-corrected chi connectivity index (χ1v) is 9.68. The second-order valence-corrected chi connectivity index (χ2v) is 7.71. The number of aromatic nitrogens is 3. The van der Waals surface area contributed by atoms with E-state index >= 15 is 0 Å². The van der Waals surface area contributed by atoms with Gasteiger partial charge in [-0.1, -0.05) is 17.8 Å². The molecule has 24 heavy (non-hydrogen) atoms. The Bertz CT molecular complexity index is 710. The number of thioether (sulfide) groups is 1. The minimum Gasteiger partial charge on any atom is -0.351 e. The van der Waals surface area contributed by atoms with Crippen molar-refractivity contribution in [3.05, 3.63) is 28.2 Å². The second-order valence-electron chi connectivity index (χ2n) is 5.62. The molecule has 0 unspecified atom stereocenters. The summed E-state index contributed by atoms with van der Waals surface area (Å²) >= 11 is 3.33. The zero-order chi connectivity index (χ0) is 16.9. The molecule has 1 saturated carbocycles. The largest absolute Gasteiger partial charge is 0.351 e. The van der Waals surface area contributed by atoms with Crippen LogP contribution in [0, 0.1) is 0 Å². The number of carbonyl (C=O) groups excluding carboxylic acids is 2. The lowest BCUT2D eigenvalue weighted by Gasteiger charge is -2.08. The van der Waals surface area contributed by atoms with Crippen LogP contribution in [0.5, 0.6) is 0 Å². The van der Waals surface area contributed by atoms with Crippen LogP contribution in [0.3, 0.4) is 0 Å². The fraction of sp³-hybridized carbons (Fsp3) is 0.467. The molecule has 1 fully saturated rings. The monoisotopic (exact) mass is 365 g/mol. The van der Waals surface area contributed by atoms with Crippen LogP contribution in [-0.2, 0) is 11.2 Å². The molecule has 0 radical (unpaired) electrons. The number of nitrogens with two attached hydrogens (primary N) is 1. The number of nitrogens with zero attached hydrogens (tertiary/aromatic N) is 3. The van der Waals surface area contributed by atoms with E-state index in [9.17, 15) is 9.59 Å². The summed E-state index contributed by atoms with van der Waals surface area (Å²) in [5, 5.41) is 13.7. The van der Waals surface area contributed by atoms with Crippen molar-refractivity contribution in [1.29, 1.82) is 0 Å². The second kappa shape index (κ2) is 7.80. The molecular weight excluding hydrogens is 346 g/mol.